The summed E-state index contributed by atoms with van der Waals surface area (Å²) in [7, 11) is 0. The Balaban J connectivity index is 1.50. The fourth-order valence-corrected chi connectivity index (χ4v) is 2.97. The van der Waals surface area contributed by atoms with Crippen LogP contribution in [-0.2, 0) is 9.53 Å². The molecule has 1 aliphatic rings. The van der Waals surface area contributed by atoms with Crippen molar-refractivity contribution in [2.45, 2.75) is 25.9 Å². The summed E-state index contributed by atoms with van der Waals surface area (Å²) in [6.07, 6.45) is 2.02. The first-order valence-electron chi connectivity index (χ1n) is 7.15. The third kappa shape index (κ3) is 3.80. The van der Waals surface area contributed by atoms with Crippen molar-refractivity contribution in [3.8, 4) is 5.75 Å². The molecule has 6 nitrogen and oxygen atoms in total. The molecule has 1 unspecified atom stereocenters. The van der Waals surface area contributed by atoms with Gasteiger partial charge in [0.1, 0.15) is 16.9 Å². The van der Waals surface area contributed by atoms with E-state index in [9.17, 15) is 4.79 Å². The smallest absolute Gasteiger partial charge is 0.264 e. The largest absolute Gasteiger partial charge is 0.484 e. The molecule has 1 atom stereocenters. The maximum Gasteiger partial charge on any atom is 0.264 e. The summed E-state index contributed by atoms with van der Waals surface area (Å²) in [6, 6.07) is 7.55. The highest BCUT2D eigenvalue weighted by molar-refractivity contribution is 7.15. The number of hydrogen-bond donors (Lipinski definition) is 1. The molecule has 0 radical (unpaired) electrons. The fourth-order valence-electron chi connectivity index (χ4n) is 2.13. The fraction of sp³-hybridized carbons (Fsp3) is 0.400. The molecular weight excluding hydrogens is 302 g/mol. The second kappa shape index (κ2) is 6.85. The Morgan fingerprint density at radius 3 is 2.95 bits per heavy atom. The molecule has 0 saturated carbocycles. The SMILES string of the molecule is Cc1ccc(OCC(=O)Nc2nnc(C3CCCO3)s2)cc1. The minimum absolute atomic E-state index is 0.0203. The Bertz CT molecular complexity index is 636. The van der Waals surface area contributed by atoms with Crippen molar-refractivity contribution >= 4 is 22.4 Å². The van der Waals surface area contributed by atoms with Crippen LogP contribution in [0.1, 0.15) is 29.5 Å². The number of anilines is 1. The van der Waals surface area contributed by atoms with E-state index in [0.717, 1.165) is 30.0 Å². The second-order valence-electron chi connectivity index (χ2n) is 5.10. The van der Waals surface area contributed by atoms with E-state index in [1.165, 1.54) is 11.3 Å². The quantitative estimate of drug-likeness (QED) is 0.917. The summed E-state index contributed by atoms with van der Waals surface area (Å²) in [5.41, 5.74) is 1.15. The van der Waals surface area contributed by atoms with Crippen molar-refractivity contribution in [2.75, 3.05) is 18.5 Å². The highest BCUT2D eigenvalue weighted by Crippen LogP contribution is 2.31. The van der Waals surface area contributed by atoms with Gasteiger partial charge in [-0.2, -0.15) is 0 Å². The third-order valence-corrected chi connectivity index (χ3v) is 4.21. The van der Waals surface area contributed by atoms with Crippen molar-refractivity contribution in [3.05, 3.63) is 34.8 Å². The van der Waals surface area contributed by atoms with Gasteiger partial charge in [0.05, 0.1) is 0 Å². The molecule has 0 bridgehead atoms. The van der Waals surface area contributed by atoms with Gasteiger partial charge in [-0.25, -0.2) is 0 Å². The van der Waals surface area contributed by atoms with Gasteiger partial charge in [-0.1, -0.05) is 29.0 Å². The van der Waals surface area contributed by atoms with Gasteiger partial charge < -0.3 is 9.47 Å². The van der Waals surface area contributed by atoms with Crippen LogP contribution >= 0.6 is 11.3 Å². The van der Waals surface area contributed by atoms with Crippen LogP contribution in [0.25, 0.3) is 0 Å². The van der Waals surface area contributed by atoms with Gasteiger partial charge >= 0.3 is 0 Å². The van der Waals surface area contributed by atoms with Crippen molar-refractivity contribution < 1.29 is 14.3 Å². The first-order valence-corrected chi connectivity index (χ1v) is 7.97. The number of carbonyl (C=O) groups is 1. The number of aryl methyl sites for hydroxylation is 1. The van der Waals surface area contributed by atoms with E-state index in [4.69, 9.17) is 9.47 Å². The summed E-state index contributed by atoms with van der Waals surface area (Å²) in [5.74, 6) is 0.411. The zero-order valence-electron chi connectivity index (χ0n) is 12.2. The van der Waals surface area contributed by atoms with Gasteiger partial charge in [-0.15, -0.1) is 10.2 Å². The maximum absolute atomic E-state index is 11.9. The third-order valence-electron chi connectivity index (χ3n) is 3.28. The number of aromatic nitrogens is 2. The molecule has 1 N–H and O–H groups in total. The molecule has 1 saturated heterocycles. The molecule has 22 heavy (non-hydrogen) atoms. The molecule has 7 heteroatoms. The van der Waals surface area contributed by atoms with Crippen LogP contribution in [0.2, 0.25) is 0 Å². The summed E-state index contributed by atoms with van der Waals surface area (Å²) >= 11 is 1.35. The number of ether oxygens (including phenoxy) is 2. The lowest BCUT2D eigenvalue weighted by Gasteiger charge is -2.05. The molecule has 2 aromatic rings. The zero-order chi connectivity index (χ0) is 15.4. The van der Waals surface area contributed by atoms with Crippen LogP contribution in [0.3, 0.4) is 0 Å². The normalized spacial score (nSPS) is 17.4. The summed E-state index contributed by atoms with van der Waals surface area (Å²) in [5, 5.41) is 12.0. The molecule has 1 aliphatic heterocycles. The lowest BCUT2D eigenvalue weighted by Crippen LogP contribution is -2.20. The Morgan fingerprint density at radius 1 is 1.41 bits per heavy atom. The van der Waals surface area contributed by atoms with E-state index in [0.29, 0.717) is 10.9 Å². The number of benzene rings is 1. The monoisotopic (exact) mass is 319 g/mol. The Hall–Kier alpha value is -1.99. The van der Waals surface area contributed by atoms with Gasteiger partial charge in [0, 0.05) is 6.61 Å². The topological polar surface area (TPSA) is 73.3 Å². The van der Waals surface area contributed by atoms with Crippen LogP contribution in [0, 0.1) is 6.92 Å². The van der Waals surface area contributed by atoms with E-state index in [1.807, 2.05) is 31.2 Å². The van der Waals surface area contributed by atoms with E-state index in [-0.39, 0.29) is 18.6 Å². The lowest BCUT2D eigenvalue weighted by atomic mass is 10.2. The number of amides is 1. The van der Waals surface area contributed by atoms with Gasteiger partial charge in [0.15, 0.2) is 6.61 Å². The number of carbonyl (C=O) groups excluding carboxylic acids is 1. The van der Waals surface area contributed by atoms with Gasteiger partial charge in [-0.05, 0) is 31.9 Å². The summed E-state index contributed by atoms with van der Waals surface area (Å²) in [4.78, 5) is 11.9. The maximum atomic E-state index is 11.9. The standard InChI is InChI=1S/C15H17N3O3S/c1-10-4-6-11(7-5-10)21-9-13(19)16-15-18-17-14(22-15)12-3-2-8-20-12/h4-7,12H,2-3,8-9H2,1H3,(H,16,18,19). The van der Waals surface area contributed by atoms with E-state index in [1.54, 1.807) is 0 Å². The first kappa shape index (κ1) is 14.9. The predicted molar refractivity (Wildman–Crippen MR) is 83.1 cm³/mol. The van der Waals surface area contributed by atoms with Gasteiger partial charge in [0.2, 0.25) is 5.13 Å². The molecule has 116 valence electrons. The second-order valence-corrected chi connectivity index (χ2v) is 6.11. The average Bonchev–Trinajstić information content (AvgIpc) is 3.17. The Kier molecular flexibility index (Phi) is 4.65. The molecule has 2 heterocycles. The first-order chi connectivity index (χ1) is 10.7. The number of nitrogens with zero attached hydrogens (tertiary/aromatic N) is 2. The highest BCUT2D eigenvalue weighted by atomic mass is 32.1. The molecule has 1 fully saturated rings. The molecule has 0 aliphatic carbocycles. The summed E-state index contributed by atoms with van der Waals surface area (Å²) in [6.45, 7) is 2.70. The Morgan fingerprint density at radius 2 is 2.23 bits per heavy atom. The number of nitrogens with one attached hydrogen (secondary N) is 1. The van der Waals surface area contributed by atoms with Crippen molar-refractivity contribution in [3.63, 3.8) is 0 Å². The van der Waals surface area contributed by atoms with Gasteiger partial charge in [0.25, 0.3) is 5.91 Å². The van der Waals surface area contributed by atoms with Crippen molar-refractivity contribution in [2.24, 2.45) is 0 Å². The lowest BCUT2D eigenvalue weighted by molar-refractivity contribution is -0.118. The average molecular weight is 319 g/mol. The summed E-state index contributed by atoms with van der Waals surface area (Å²) < 4.78 is 11.0. The molecular formula is C15H17N3O3S. The molecule has 3 rings (SSSR count). The van der Waals surface area contributed by atoms with E-state index < -0.39 is 0 Å². The van der Waals surface area contributed by atoms with Crippen LogP contribution in [-0.4, -0.2) is 29.3 Å². The van der Waals surface area contributed by atoms with Gasteiger partial charge in [-0.3, -0.25) is 10.1 Å². The van der Waals surface area contributed by atoms with Crippen molar-refractivity contribution in [1.82, 2.24) is 10.2 Å². The van der Waals surface area contributed by atoms with Crippen LogP contribution in [0.4, 0.5) is 5.13 Å². The van der Waals surface area contributed by atoms with Crippen LogP contribution < -0.4 is 10.1 Å². The molecule has 1 amide bonds. The molecule has 0 spiro atoms. The van der Waals surface area contributed by atoms with E-state index in [2.05, 4.69) is 15.5 Å². The van der Waals surface area contributed by atoms with Crippen molar-refractivity contribution in [1.29, 1.82) is 0 Å². The number of rotatable bonds is 5. The predicted octanol–water partition coefficient (Wildman–Crippen LogP) is 2.72. The van der Waals surface area contributed by atoms with Crippen LogP contribution in [0.5, 0.6) is 5.75 Å². The minimum Gasteiger partial charge on any atom is -0.484 e. The Labute approximate surface area is 132 Å². The zero-order valence-corrected chi connectivity index (χ0v) is 13.1. The molecule has 1 aromatic heterocycles. The number of hydrogen-bond acceptors (Lipinski definition) is 6. The highest BCUT2D eigenvalue weighted by Gasteiger charge is 2.22. The minimum atomic E-state index is -0.254. The molecule has 1 aromatic carbocycles. The van der Waals surface area contributed by atoms with E-state index >= 15 is 0 Å². The van der Waals surface area contributed by atoms with Crippen LogP contribution in [0.15, 0.2) is 24.3 Å².